The summed E-state index contributed by atoms with van der Waals surface area (Å²) in [6.07, 6.45) is 4.08. The first-order valence-corrected chi connectivity index (χ1v) is 6.64. The lowest BCUT2D eigenvalue weighted by molar-refractivity contribution is 0.667. The number of hydrogen-bond donors (Lipinski definition) is 2. The van der Waals surface area contributed by atoms with E-state index in [0.29, 0.717) is 5.82 Å². The quantitative estimate of drug-likeness (QED) is 0.761. The van der Waals surface area contributed by atoms with Crippen molar-refractivity contribution in [2.45, 2.75) is 25.7 Å². The van der Waals surface area contributed by atoms with Crippen LogP contribution < -0.4 is 17.0 Å². The highest BCUT2D eigenvalue weighted by molar-refractivity contribution is 5.68. The lowest BCUT2D eigenvalue weighted by atomic mass is 10.0. The number of fused-ring (bicyclic) bond motifs is 1. The molecule has 0 atom stereocenters. The smallest absolute Gasteiger partial charge is 0.332 e. The summed E-state index contributed by atoms with van der Waals surface area (Å²) in [6, 6.07) is 0. The summed E-state index contributed by atoms with van der Waals surface area (Å²) in [5, 5.41) is 0. The number of nitrogens with two attached hydrogens (primary N) is 1. The predicted octanol–water partition coefficient (Wildman–Crippen LogP) is -0.0649. The van der Waals surface area contributed by atoms with Crippen LogP contribution in [-0.2, 0) is 26.9 Å². The summed E-state index contributed by atoms with van der Waals surface area (Å²) in [5.41, 5.74) is 7.42. The van der Waals surface area contributed by atoms with Crippen LogP contribution >= 0.6 is 0 Å². The van der Waals surface area contributed by atoms with Gasteiger partial charge in [0.1, 0.15) is 17.2 Å². The number of H-pyrrole nitrogens is 1. The van der Waals surface area contributed by atoms with Crippen LogP contribution in [0.15, 0.2) is 9.59 Å². The van der Waals surface area contributed by atoms with Crippen LogP contribution in [0.25, 0.3) is 11.4 Å². The van der Waals surface area contributed by atoms with Crippen LogP contribution in [0.2, 0.25) is 0 Å². The van der Waals surface area contributed by atoms with E-state index in [9.17, 15) is 9.59 Å². The number of nitrogens with zero attached hydrogens (tertiary/aromatic N) is 3. The molecule has 7 heteroatoms. The molecule has 0 spiro atoms. The van der Waals surface area contributed by atoms with Gasteiger partial charge in [-0.25, -0.2) is 9.78 Å². The van der Waals surface area contributed by atoms with Gasteiger partial charge in [-0.05, 0) is 25.7 Å². The van der Waals surface area contributed by atoms with Gasteiger partial charge in [-0.3, -0.25) is 13.9 Å². The Morgan fingerprint density at radius 1 is 1.15 bits per heavy atom. The van der Waals surface area contributed by atoms with E-state index >= 15 is 0 Å². The number of aromatic nitrogens is 4. The van der Waals surface area contributed by atoms with Crippen molar-refractivity contribution < 1.29 is 0 Å². The van der Waals surface area contributed by atoms with Crippen molar-refractivity contribution in [2.24, 2.45) is 14.1 Å². The molecule has 20 heavy (non-hydrogen) atoms. The molecule has 2 aromatic heterocycles. The van der Waals surface area contributed by atoms with Gasteiger partial charge in [0.25, 0.3) is 5.56 Å². The van der Waals surface area contributed by atoms with Gasteiger partial charge in [-0.15, -0.1) is 0 Å². The van der Waals surface area contributed by atoms with Crippen LogP contribution in [0.1, 0.15) is 24.2 Å². The Morgan fingerprint density at radius 2 is 1.85 bits per heavy atom. The summed E-state index contributed by atoms with van der Waals surface area (Å²) < 4.78 is 2.31. The van der Waals surface area contributed by atoms with E-state index in [4.69, 9.17) is 5.73 Å². The zero-order valence-electron chi connectivity index (χ0n) is 11.6. The number of hydrogen-bond acceptors (Lipinski definition) is 4. The maximum Gasteiger partial charge on any atom is 0.332 e. The Kier molecular flexibility index (Phi) is 2.77. The minimum Gasteiger partial charge on any atom is -0.384 e. The molecule has 0 radical (unpaired) electrons. The maximum absolute atomic E-state index is 12.3. The third-order valence-corrected chi connectivity index (χ3v) is 3.90. The molecule has 106 valence electrons. The van der Waals surface area contributed by atoms with Crippen LogP contribution in [-0.4, -0.2) is 19.1 Å². The van der Waals surface area contributed by atoms with Gasteiger partial charge >= 0.3 is 5.69 Å². The fraction of sp³-hybridized carbons (Fsp3) is 0.462. The fourth-order valence-corrected chi connectivity index (χ4v) is 2.65. The molecule has 0 fully saturated rings. The molecule has 0 unspecified atom stereocenters. The molecule has 0 aromatic carbocycles. The molecular formula is C13H17N5O2. The molecule has 2 aromatic rings. The van der Waals surface area contributed by atoms with Gasteiger partial charge in [-0.2, -0.15) is 0 Å². The molecular weight excluding hydrogens is 258 g/mol. The highest BCUT2D eigenvalue weighted by atomic mass is 16.2. The number of imidazole rings is 1. The Morgan fingerprint density at radius 3 is 2.55 bits per heavy atom. The van der Waals surface area contributed by atoms with Crippen molar-refractivity contribution in [1.29, 1.82) is 0 Å². The van der Waals surface area contributed by atoms with Gasteiger partial charge in [0.2, 0.25) is 0 Å². The average molecular weight is 275 g/mol. The van der Waals surface area contributed by atoms with Crippen molar-refractivity contribution in [3.63, 3.8) is 0 Å². The fourth-order valence-electron chi connectivity index (χ4n) is 2.65. The Labute approximate surface area is 115 Å². The monoisotopic (exact) mass is 275 g/mol. The highest BCUT2D eigenvalue weighted by Crippen LogP contribution is 2.24. The molecule has 0 aliphatic heterocycles. The van der Waals surface area contributed by atoms with Crippen molar-refractivity contribution in [2.75, 3.05) is 5.73 Å². The van der Waals surface area contributed by atoms with Crippen molar-refractivity contribution in [1.82, 2.24) is 19.1 Å². The van der Waals surface area contributed by atoms with E-state index in [1.165, 1.54) is 11.6 Å². The number of aromatic amines is 1. The molecule has 0 saturated heterocycles. The minimum absolute atomic E-state index is 0.143. The molecule has 1 aliphatic carbocycles. The topological polar surface area (TPSA) is 98.7 Å². The number of nitrogens with one attached hydrogen (secondary N) is 1. The van der Waals surface area contributed by atoms with Crippen LogP contribution in [0.5, 0.6) is 0 Å². The van der Waals surface area contributed by atoms with Crippen LogP contribution in [0, 0.1) is 0 Å². The molecule has 7 nitrogen and oxygen atoms in total. The zero-order chi connectivity index (χ0) is 14.4. The lowest BCUT2D eigenvalue weighted by Gasteiger charge is -2.09. The first kappa shape index (κ1) is 12.7. The van der Waals surface area contributed by atoms with Gasteiger partial charge < -0.3 is 10.7 Å². The van der Waals surface area contributed by atoms with Crippen LogP contribution in [0.3, 0.4) is 0 Å². The molecule has 0 bridgehead atoms. The van der Waals surface area contributed by atoms with E-state index in [0.717, 1.165) is 41.6 Å². The molecule has 3 rings (SSSR count). The first-order valence-electron chi connectivity index (χ1n) is 6.64. The van der Waals surface area contributed by atoms with E-state index in [-0.39, 0.29) is 11.4 Å². The summed E-state index contributed by atoms with van der Waals surface area (Å²) in [6.45, 7) is 0. The highest BCUT2D eigenvalue weighted by Gasteiger charge is 2.21. The van der Waals surface area contributed by atoms with Gasteiger partial charge in [-0.1, -0.05) is 0 Å². The second-order valence-corrected chi connectivity index (χ2v) is 5.18. The summed E-state index contributed by atoms with van der Waals surface area (Å²) >= 11 is 0. The molecule has 2 heterocycles. The Hall–Kier alpha value is -2.31. The van der Waals surface area contributed by atoms with E-state index < -0.39 is 11.2 Å². The predicted molar refractivity (Wildman–Crippen MR) is 75.6 cm³/mol. The zero-order valence-corrected chi connectivity index (χ0v) is 11.6. The SMILES string of the molecule is Cn1c(N)c(-c2nc3c([nH]2)CCCC3)c(=O)n(C)c1=O. The molecule has 0 amide bonds. The van der Waals surface area contributed by atoms with Gasteiger partial charge in [0.15, 0.2) is 0 Å². The van der Waals surface area contributed by atoms with Gasteiger partial charge in [0, 0.05) is 19.8 Å². The average Bonchev–Trinajstić information content (AvgIpc) is 2.86. The summed E-state index contributed by atoms with van der Waals surface area (Å²) in [5.74, 6) is 0.606. The number of aryl methyl sites for hydroxylation is 2. The molecule has 1 aliphatic rings. The van der Waals surface area contributed by atoms with Crippen LogP contribution in [0.4, 0.5) is 5.82 Å². The number of nitrogen functional groups attached to an aromatic ring is 1. The van der Waals surface area contributed by atoms with Gasteiger partial charge in [0.05, 0.1) is 5.69 Å². The normalized spacial score (nSPS) is 14.3. The first-order chi connectivity index (χ1) is 9.50. The lowest BCUT2D eigenvalue weighted by Crippen LogP contribution is -2.39. The summed E-state index contributed by atoms with van der Waals surface area (Å²) in [7, 11) is 2.99. The van der Waals surface area contributed by atoms with Crippen molar-refractivity contribution in [3.05, 3.63) is 32.2 Å². The molecule has 3 N–H and O–H groups in total. The second-order valence-electron chi connectivity index (χ2n) is 5.18. The van der Waals surface area contributed by atoms with E-state index in [1.54, 1.807) is 7.05 Å². The molecule has 0 saturated carbocycles. The third-order valence-electron chi connectivity index (χ3n) is 3.90. The summed E-state index contributed by atoms with van der Waals surface area (Å²) in [4.78, 5) is 31.8. The minimum atomic E-state index is -0.437. The maximum atomic E-state index is 12.3. The van der Waals surface area contributed by atoms with Crippen molar-refractivity contribution >= 4 is 5.82 Å². The number of anilines is 1. The Balaban J connectivity index is 2.27. The van der Waals surface area contributed by atoms with E-state index in [1.807, 2.05) is 0 Å². The van der Waals surface area contributed by atoms with E-state index in [2.05, 4.69) is 9.97 Å². The second kappa shape index (κ2) is 4.36. The number of rotatable bonds is 1. The largest absolute Gasteiger partial charge is 0.384 e. The standard InChI is InChI=1S/C13H17N5O2/c1-17-10(14)9(12(19)18(2)13(17)20)11-15-7-5-3-4-6-8(7)16-11/h3-6,14H2,1-2H3,(H,15,16). The third kappa shape index (κ3) is 1.70. The van der Waals surface area contributed by atoms with Crippen molar-refractivity contribution in [3.8, 4) is 11.4 Å². The Bertz CT molecular complexity index is 773.